The standard InChI is InChI=1S/C15H19F2NO2/c1-10-3-5-12(20-10)6-8-15(19)18(2)14-9-11(16)4-7-13(14)17/h4,7,9-10,12H,3,5-6,8H2,1-2H3. The minimum atomic E-state index is -0.604. The van der Waals surface area contributed by atoms with Crippen LogP contribution in [0.2, 0.25) is 0 Å². The van der Waals surface area contributed by atoms with Crippen LogP contribution in [-0.4, -0.2) is 25.2 Å². The molecule has 0 bridgehead atoms. The molecule has 0 N–H and O–H groups in total. The third-order valence-corrected chi connectivity index (χ3v) is 3.64. The Hall–Kier alpha value is -1.49. The summed E-state index contributed by atoms with van der Waals surface area (Å²) in [6.07, 6.45) is 3.18. The molecule has 1 heterocycles. The van der Waals surface area contributed by atoms with Gasteiger partial charge in [-0.1, -0.05) is 0 Å². The molecule has 1 saturated heterocycles. The minimum absolute atomic E-state index is 0.0318. The fraction of sp³-hybridized carbons (Fsp3) is 0.533. The predicted octanol–water partition coefficient (Wildman–Crippen LogP) is 3.28. The van der Waals surface area contributed by atoms with Gasteiger partial charge < -0.3 is 9.64 Å². The lowest BCUT2D eigenvalue weighted by atomic mass is 10.1. The summed E-state index contributed by atoms with van der Waals surface area (Å²) in [4.78, 5) is 13.2. The smallest absolute Gasteiger partial charge is 0.226 e. The molecular weight excluding hydrogens is 264 g/mol. The van der Waals surface area contributed by atoms with Crippen LogP contribution in [0.1, 0.15) is 32.6 Å². The second-order valence-corrected chi connectivity index (χ2v) is 5.23. The number of hydrogen-bond acceptors (Lipinski definition) is 2. The van der Waals surface area contributed by atoms with Crippen molar-refractivity contribution in [3.05, 3.63) is 29.8 Å². The van der Waals surface area contributed by atoms with E-state index in [-0.39, 0.29) is 30.2 Å². The number of rotatable bonds is 4. The lowest BCUT2D eigenvalue weighted by Gasteiger charge is -2.19. The van der Waals surface area contributed by atoms with Crippen molar-refractivity contribution in [2.75, 3.05) is 11.9 Å². The van der Waals surface area contributed by atoms with Gasteiger partial charge in [0.15, 0.2) is 0 Å². The third-order valence-electron chi connectivity index (χ3n) is 3.64. The van der Waals surface area contributed by atoms with Crippen molar-refractivity contribution >= 4 is 11.6 Å². The highest BCUT2D eigenvalue weighted by Crippen LogP contribution is 2.24. The molecule has 20 heavy (non-hydrogen) atoms. The number of halogens is 2. The van der Waals surface area contributed by atoms with Crippen LogP contribution in [0.3, 0.4) is 0 Å². The fourth-order valence-corrected chi connectivity index (χ4v) is 2.43. The van der Waals surface area contributed by atoms with E-state index in [4.69, 9.17) is 4.74 Å². The molecule has 1 amide bonds. The summed E-state index contributed by atoms with van der Waals surface area (Å²) in [6.45, 7) is 2.01. The van der Waals surface area contributed by atoms with Crippen LogP contribution < -0.4 is 4.90 Å². The minimum Gasteiger partial charge on any atom is -0.375 e. The molecule has 1 fully saturated rings. The molecular formula is C15H19F2NO2. The van der Waals surface area contributed by atoms with E-state index >= 15 is 0 Å². The molecule has 0 spiro atoms. The Bertz CT molecular complexity index is 493. The molecule has 1 aromatic rings. The van der Waals surface area contributed by atoms with Gasteiger partial charge in [0.05, 0.1) is 17.9 Å². The van der Waals surface area contributed by atoms with E-state index in [0.717, 1.165) is 35.9 Å². The van der Waals surface area contributed by atoms with E-state index < -0.39 is 11.6 Å². The Labute approximate surface area is 117 Å². The van der Waals surface area contributed by atoms with Crippen molar-refractivity contribution in [2.45, 2.75) is 44.8 Å². The van der Waals surface area contributed by atoms with Crippen molar-refractivity contribution in [1.82, 2.24) is 0 Å². The average molecular weight is 283 g/mol. The van der Waals surface area contributed by atoms with Gasteiger partial charge in [-0.15, -0.1) is 0 Å². The van der Waals surface area contributed by atoms with Crippen molar-refractivity contribution < 1.29 is 18.3 Å². The van der Waals surface area contributed by atoms with E-state index in [0.29, 0.717) is 6.42 Å². The second-order valence-electron chi connectivity index (χ2n) is 5.23. The van der Waals surface area contributed by atoms with Gasteiger partial charge in [-0.2, -0.15) is 0 Å². The Morgan fingerprint density at radius 2 is 2.15 bits per heavy atom. The Morgan fingerprint density at radius 1 is 1.40 bits per heavy atom. The largest absolute Gasteiger partial charge is 0.375 e. The SMILES string of the molecule is CC1CCC(CCC(=O)N(C)c2cc(F)ccc2F)O1. The number of carbonyl (C=O) groups is 1. The van der Waals surface area contributed by atoms with E-state index in [9.17, 15) is 13.6 Å². The first kappa shape index (κ1) is 14.9. The van der Waals surface area contributed by atoms with Gasteiger partial charge in [-0.25, -0.2) is 8.78 Å². The zero-order chi connectivity index (χ0) is 14.7. The van der Waals surface area contributed by atoms with E-state index in [1.165, 1.54) is 7.05 Å². The summed E-state index contributed by atoms with van der Waals surface area (Å²) in [5.74, 6) is -1.40. The predicted molar refractivity (Wildman–Crippen MR) is 72.6 cm³/mol. The summed E-state index contributed by atoms with van der Waals surface area (Å²) in [7, 11) is 1.46. The molecule has 1 aliphatic heterocycles. The van der Waals surface area contributed by atoms with Crippen LogP contribution >= 0.6 is 0 Å². The maximum absolute atomic E-state index is 13.6. The maximum atomic E-state index is 13.6. The van der Waals surface area contributed by atoms with Crippen molar-refractivity contribution in [3.63, 3.8) is 0 Å². The monoisotopic (exact) mass is 283 g/mol. The lowest BCUT2D eigenvalue weighted by molar-refractivity contribution is -0.119. The van der Waals surface area contributed by atoms with Crippen LogP contribution in [0.5, 0.6) is 0 Å². The van der Waals surface area contributed by atoms with Crippen molar-refractivity contribution in [1.29, 1.82) is 0 Å². The number of hydrogen-bond donors (Lipinski definition) is 0. The molecule has 2 rings (SSSR count). The number of amides is 1. The Kier molecular flexibility index (Phi) is 4.70. The van der Waals surface area contributed by atoms with Crippen LogP contribution in [-0.2, 0) is 9.53 Å². The van der Waals surface area contributed by atoms with Crippen LogP contribution in [0, 0.1) is 11.6 Å². The third kappa shape index (κ3) is 3.54. The van der Waals surface area contributed by atoms with Gasteiger partial charge in [0.1, 0.15) is 11.6 Å². The van der Waals surface area contributed by atoms with Crippen molar-refractivity contribution in [2.24, 2.45) is 0 Å². The van der Waals surface area contributed by atoms with Crippen LogP contribution in [0.4, 0.5) is 14.5 Å². The molecule has 0 aliphatic carbocycles. The molecule has 1 aliphatic rings. The van der Waals surface area contributed by atoms with E-state index in [2.05, 4.69) is 0 Å². The molecule has 0 aromatic heterocycles. The summed E-state index contributed by atoms with van der Waals surface area (Å²) >= 11 is 0. The van der Waals surface area contributed by atoms with Gasteiger partial charge in [0.25, 0.3) is 0 Å². The Balaban J connectivity index is 1.93. The van der Waals surface area contributed by atoms with Crippen LogP contribution in [0.15, 0.2) is 18.2 Å². The molecule has 110 valence electrons. The molecule has 2 atom stereocenters. The molecule has 3 nitrogen and oxygen atoms in total. The van der Waals surface area contributed by atoms with Gasteiger partial charge in [0.2, 0.25) is 5.91 Å². The van der Waals surface area contributed by atoms with E-state index in [1.807, 2.05) is 6.92 Å². The van der Waals surface area contributed by atoms with E-state index in [1.54, 1.807) is 0 Å². The summed E-state index contributed by atoms with van der Waals surface area (Å²) in [6, 6.07) is 3.09. The first-order valence-electron chi connectivity index (χ1n) is 6.84. The number of carbonyl (C=O) groups excluding carboxylic acids is 1. The molecule has 5 heteroatoms. The van der Waals surface area contributed by atoms with Crippen molar-refractivity contribution in [3.8, 4) is 0 Å². The highest BCUT2D eigenvalue weighted by atomic mass is 19.1. The summed E-state index contributed by atoms with van der Waals surface area (Å²) < 4.78 is 32.3. The molecule has 0 saturated carbocycles. The number of nitrogens with zero attached hydrogens (tertiary/aromatic N) is 1. The fourth-order valence-electron chi connectivity index (χ4n) is 2.43. The van der Waals surface area contributed by atoms with Gasteiger partial charge in [-0.05, 0) is 38.3 Å². The number of anilines is 1. The average Bonchev–Trinajstić information content (AvgIpc) is 2.83. The summed E-state index contributed by atoms with van der Waals surface area (Å²) in [5.41, 5.74) is -0.0318. The number of benzene rings is 1. The maximum Gasteiger partial charge on any atom is 0.226 e. The highest BCUT2D eigenvalue weighted by Gasteiger charge is 2.23. The normalized spacial score (nSPS) is 22.0. The zero-order valence-corrected chi connectivity index (χ0v) is 11.7. The second kappa shape index (κ2) is 6.31. The summed E-state index contributed by atoms with van der Waals surface area (Å²) in [5, 5.41) is 0. The quantitative estimate of drug-likeness (QED) is 0.848. The van der Waals surface area contributed by atoms with Gasteiger partial charge in [-0.3, -0.25) is 4.79 Å². The molecule has 2 unspecified atom stereocenters. The lowest BCUT2D eigenvalue weighted by Crippen LogP contribution is -2.28. The van der Waals surface area contributed by atoms with Gasteiger partial charge >= 0.3 is 0 Å². The zero-order valence-electron chi connectivity index (χ0n) is 11.7. The molecule has 0 radical (unpaired) electrons. The molecule has 1 aromatic carbocycles. The Morgan fingerprint density at radius 3 is 2.80 bits per heavy atom. The van der Waals surface area contributed by atoms with Crippen LogP contribution in [0.25, 0.3) is 0 Å². The van der Waals surface area contributed by atoms with Gasteiger partial charge in [0, 0.05) is 19.5 Å². The number of ether oxygens (including phenoxy) is 1. The highest BCUT2D eigenvalue weighted by molar-refractivity contribution is 5.92. The first-order valence-corrected chi connectivity index (χ1v) is 6.84. The first-order chi connectivity index (χ1) is 9.47. The topological polar surface area (TPSA) is 29.5 Å².